The van der Waals surface area contributed by atoms with Gasteiger partial charge in [0.15, 0.2) is 0 Å². The Kier molecular flexibility index (Phi) is 6.11. The van der Waals surface area contributed by atoms with Gasteiger partial charge >= 0.3 is 6.03 Å². The van der Waals surface area contributed by atoms with E-state index in [-0.39, 0.29) is 6.03 Å². The maximum absolute atomic E-state index is 11.9. The first-order chi connectivity index (χ1) is 11.1. The summed E-state index contributed by atoms with van der Waals surface area (Å²) in [6, 6.07) is 12.4. The Morgan fingerprint density at radius 3 is 2.70 bits per heavy atom. The predicted molar refractivity (Wildman–Crippen MR) is 91.7 cm³/mol. The van der Waals surface area contributed by atoms with Crippen molar-refractivity contribution < 1.29 is 14.3 Å². The Morgan fingerprint density at radius 2 is 1.96 bits per heavy atom. The van der Waals surface area contributed by atoms with Gasteiger partial charge < -0.3 is 20.1 Å². The number of nitrogens with one attached hydrogen (secondary N) is 2. The van der Waals surface area contributed by atoms with Crippen LogP contribution in [-0.4, -0.2) is 26.3 Å². The number of carbonyl (C=O) groups is 1. The Labute approximate surface area is 140 Å². The first kappa shape index (κ1) is 17.0. The summed E-state index contributed by atoms with van der Waals surface area (Å²) >= 11 is 5.98. The number of para-hydroxylation sites is 1. The van der Waals surface area contributed by atoms with E-state index in [2.05, 4.69) is 10.6 Å². The lowest BCUT2D eigenvalue weighted by Gasteiger charge is -2.12. The number of hydrogen-bond acceptors (Lipinski definition) is 3. The zero-order valence-electron chi connectivity index (χ0n) is 13.1. The molecule has 122 valence electrons. The summed E-state index contributed by atoms with van der Waals surface area (Å²) in [6.07, 6.45) is 0. The lowest BCUT2D eigenvalue weighted by molar-refractivity contribution is 0.247. The molecular formula is C17H19ClN2O3. The molecule has 0 bridgehead atoms. The summed E-state index contributed by atoms with van der Waals surface area (Å²) in [6.45, 7) is 2.62. The standard InChI is InChI=1S/C17H19ClN2O3/c1-12-7-8-16(22-2)14(11-12)20-17(21)19-9-10-23-15-6-4-3-5-13(15)18/h3-8,11H,9-10H2,1-2H3,(H2,19,20,21). The van der Waals surface area contributed by atoms with Gasteiger partial charge in [-0.2, -0.15) is 0 Å². The molecule has 0 saturated carbocycles. The van der Waals surface area contributed by atoms with Crippen LogP contribution in [0.2, 0.25) is 5.02 Å². The smallest absolute Gasteiger partial charge is 0.319 e. The average Bonchev–Trinajstić information content (AvgIpc) is 2.53. The van der Waals surface area contributed by atoms with Gasteiger partial charge in [-0.25, -0.2) is 4.79 Å². The highest BCUT2D eigenvalue weighted by Gasteiger charge is 2.07. The lowest BCUT2D eigenvalue weighted by Crippen LogP contribution is -2.32. The Balaban J connectivity index is 1.80. The number of anilines is 1. The van der Waals surface area contributed by atoms with Crippen LogP contribution in [0, 0.1) is 6.92 Å². The third-order valence-corrected chi connectivity index (χ3v) is 3.40. The van der Waals surface area contributed by atoms with Crippen molar-refractivity contribution >= 4 is 23.3 Å². The molecule has 2 aromatic rings. The number of carbonyl (C=O) groups excluding carboxylic acids is 1. The molecule has 0 fully saturated rings. The van der Waals surface area contributed by atoms with Crippen LogP contribution in [0.4, 0.5) is 10.5 Å². The van der Waals surface area contributed by atoms with E-state index >= 15 is 0 Å². The van der Waals surface area contributed by atoms with Crippen LogP contribution in [0.1, 0.15) is 5.56 Å². The van der Waals surface area contributed by atoms with Crippen molar-refractivity contribution in [1.29, 1.82) is 0 Å². The molecule has 0 radical (unpaired) electrons. The second-order valence-electron chi connectivity index (χ2n) is 4.86. The molecule has 0 aliphatic rings. The molecule has 0 atom stereocenters. The highest BCUT2D eigenvalue weighted by molar-refractivity contribution is 6.32. The summed E-state index contributed by atoms with van der Waals surface area (Å²) in [5.74, 6) is 1.20. The molecule has 2 N–H and O–H groups in total. The van der Waals surface area contributed by atoms with Crippen LogP contribution in [0.5, 0.6) is 11.5 Å². The lowest BCUT2D eigenvalue weighted by atomic mass is 10.2. The van der Waals surface area contributed by atoms with E-state index in [1.165, 1.54) is 0 Å². The number of aryl methyl sites for hydroxylation is 1. The second kappa shape index (κ2) is 8.29. The highest BCUT2D eigenvalue weighted by Crippen LogP contribution is 2.25. The van der Waals surface area contributed by atoms with E-state index < -0.39 is 0 Å². The fraction of sp³-hybridized carbons (Fsp3) is 0.235. The first-order valence-corrected chi connectivity index (χ1v) is 7.55. The number of urea groups is 1. The Bertz CT molecular complexity index is 677. The van der Waals surface area contributed by atoms with E-state index in [9.17, 15) is 4.79 Å². The highest BCUT2D eigenvalue weighted by atomic mass is 35.5. The van der Waals surface area contributed by atoms with Gasteiger partial charge in [-0.1, -0.05) is 29.8 Å². The normalized spacial score (nSPS) is 10.0. The van der Waals surface area contributed by atoms with E-state index in [4.69, 9.17) is 21.1 Å². The van der Waals surface area contributed by atoms with E-state index in [1.807, 2.05) is 37.3 Å². The van der Waals surface area contributed by atoms with Crippen molar-refractivity contribution in [3.63, 3.8) is 0 Å². The van der Waals surface area contributed by atoms with E-state index in [0.717, 1.165) is 5.56 Å². The fourth-order valence-electron chi connectivity index (χ4n) is 1.97. The predicted octanol–water partition coefficient (Wildman–Crippen LogP) is 3.86. The maximum atomic E-state index is 11.9. The number of methoxy groups -OCH3 is 1. The molecule has 0 aliphatic carbocycles. The molecule has 0 spiro atoms. The monoisotopic (exact) mass is 334 g/mol. The van der Waals surface area contributed by atoms with Crippen molar-refractivity contribution in [3.05, 3.63) is 53.1 Å². The SMILES string of the molecule is COc1ccc(C)cc1NC(=O)NCCOc1ccccc1Cl. The van der Waals surface area contributed by atoms with Crippen LogP contribution in [0.25, 0.3) is 0 Å². The first-order valence-electron chi connectivity index (χ1n) is 7.17. The number of hydrogen-bond donors (Lipinski definition) is 2. The molecule has 2 aromatic carbocycles. The van der Waals surface area contributed by atoms with Crippen LogP contribution >= 0.6 is 11.6 Å². The molecular weight excluding hydrogens is 316 g/mol. The van der Waals surface area contributed by atoms with Crippen molar-refractivity contribution in [1.82, 2.24) is 5.32 Å². The number of halogens is 1. The van der Waals surface area contributed by atoms with Crippen molar-refractivity contribution in [2.24, 2.45) is 0 Å². The van der Waals surface area contributed by atoms with Crippen molar-refractivity contribution in [2.75, 3.05) is 25.6 Å². The molecule has 0 aliphatic heterocycles. The largest absolute Gasteiger partial charge is 0.495 e. The fourth-order valence-corrected chi connectivity index (χ4v) is 2.16. The summed E-state index contributed by atoms with van der Waals surface area (Å²) in [7, 11) is 1.56. The van der Waals surface area contributed by atoms with E-state index in [1.54, 1.807) is 19.2 Å². The van der Waals surface area contributed by atoms with Gasteiger partial charge in [0, 0.05) is 0 Å². The number of ether oxygens (including phenoxy) is 2. The molecule has 23 heavy (non-hydrogen) atoms. The zero-order valence-corrected chi connectivity index (χ0v) is 13.8. The quantitative estimate of drug-likeness (QED) is 0.789. The molecule has 0 heterocycles. The molecule has 2 amide bonds. The maximum Gasteiger partial charge on any atom is 0.319 e. The molecule has 2 rings (SSSR count). The minimum Gasteiger partial charge on any atom is -0.495 e. The molecule has 6 heteroatoms. The summed E-state index contributed by atoms with van der Waals surface area (Å²) in [5.41, 5.74) is 1.65. The van der Waals surface area contributed by atoms with Gasteiger partial charge in [-0.3, -0.25) is 0 Å². The zero-order chi connectivity index (χ0) is 16.7. The van der Waals surface area contributed by atoms with Gasteiger partial charge in [0.1, 0.15) is 18.1 Å². The third kappa shape index (κ3) is 5.07. The van der Waals surface area contributed by atoms with Gasteiger partial charge in [-0.05, 0) is 36.8 Å². The van der Waals surface area contributed by atoms with E-state index in [0.29, 0.717) is 35.4 Å². The summed E-state index contributed by atoms with van der Waals surface area (Å²) < 4.78 is 10.7. The molecule has 0 aromatic heterocycles. The van der Waals surface area contributed by atoms with Crippen LogP contribution in [-0.2, 0) is 0 Å². The van der Waals surface area contributed by atoms with Crippen molar-refractivity contribution in [2.45, 2.75) is 6.92 Å². The van der Waals surface area contributed by atoms with Gasteiger partial charge in [0.2, 0.25) is 0 Å². The second-order valence-corrected chi connectivity index (χ2v) is 5.27. The minimum atomic E-state index is -0.323. The van der Waals surface area contributed by atoms with Crippen LogP contribution in [0.15, 0.2) is 42.5 Å². The van der Waals surface area contributed by atoms with Gasteiger partial charge in [-0.15, -0.1) is 0 Å². The van der Waals surface area contributed by atoms with Crippen LogP contribution in [0.3, 0.4) is 0 Å². The topological polar surface area (TPSA) is 59.6 Å². The van der Waals surface area contributed by atoms with Crippen LogP contribution < -0.4 is 20.1 Å². The third-order valence-electron chi connectivity index (χ3n) is 3.09. The Hall–Kier alpha value is -2.40. The Morgan fingerprint density at radius 1 is 1.17 bits per heavy atom. The summed E-state index contributed by atoms with van der Waals surface area (Å²) in [4.78, 5) is 11.9. The van der Waals surface area contributed by atoms with Gasteiger partial charge in [0.05, 0.1) is 24.4 Å². The van der Waals surface area contributed by atoms with Gasteiger partial charge in [0.25, 0.3) is 0 Å². The number of benzene rings is 2. The average molecular weight is 335 g/mol. The minimum absolute atomic E-state index is 0.322. The number of amides is 2. The molecule has 5 nitrogen and oxygen atoms in total. The summed E-state index contributed by atoms with van der Waals surface area (Å²) in [5, 5.41) is 6.02. The molecule has 0 saturated heterocycles. The molecule has 0 unspecified atom stereocenters. The van der Waals surface area contributed by atoms with Crippen molar-refractivity contribution in [3.8, 4) is 11.5 Å². The number of rotatable bonds is 6.